The quantitative estimate of drug-likeness (QED) is 0.813. The summed E-state index contributed by atoms with van der Waals surface area (Å²) >= 11 is 3.06. The molecule has 2 nitrogen and oxygen atoms in total. The summed E-state index contributed by atoms with van der Waals surface area (Å²) in [6, 6.07) is 2.13. The fourth-order valence-corrected chi connectivity index (χ4v) is 1.94. The first kappa shape index (κ1) is 14.5. The molecule has 5 heteroatoms. The van der Waals surface area contributed by atoms with Crippen LogP contribution in [0.4, 0.5) is 8.78 Å². The van der Waals surface area contributed by atoms with E-state index in [0.29, 0.717) is 6.54 Å². The minimum atomic E-state index is -0.573. The van der Waals surface area contributed by atoms with Crippen molar-refractivity contribution in [3.05, 3.63) is 33.8 Å². The zero-order chi connectivity index (χ0) is 12.8. The van der Waals surface area contributed by atoms with Gasteiger partial charge < -0.3 is 10.1 Å². The van der Waals surface area contributed by atoms with Crippen LogP contribution in [0.2, 0.25) is 0 Å². The van der Waals surface area contributed by atoms with Gasteiger partial charge in [-0.3, -0.25) is 0 Å². The molecule has 1 rings (SSSR count). The SMILES string of the molecule is CCCNC(COC)c1c(F)ccc(Br)c1F. The van der Waals surface area contributed by atoms with Crippen LogP contribution in [0.1, 0.15) is 24.9 Å². The first-order valence-corrected chi connectivity index (χ1v) is 6.26. The zero-order valence-corrected chi connectivity index (χ0v) is 11.5. The minimum absolute atomic E-state index is 0.0228. The predicted molar refractivity (Wildman–Crippen MR) is 67.0 cm³/mol. The number of nitrogens with one attached hydrogen (secondary N) is 1. The van der Waals surface area contributed by atoms with E-state index in [-0.39, 0.29) is 16.6 Å². The molecule has 1 N–H and O–H groups in total. The molecule has 0 aliphatic carbocycles. The summed E-state index contributed by atoms with van der Waals surface area (Å²) in [6.07, 6.45) is 0.886. The third-order valence-electron chi connectivity index (χ3n) is 2.40. The van der Waals surface area contributed by atoms with E-state index >= 15 is 0 Å². The average molecular weight is 308 g/mol. The van der Waals surface area contributed by atoms with Crippen molar-refractivity contribution < 1.29 is 13.5 Å². The van der Waals surface area contributed by atoms with Crippen molar-refractivity contribution in [2.75, 3.05) is 20.3 Å². The second kappa shape index (κ2) is 7.03. The Morgan fingerprint density at radius 1 is 1.41 bits per heavy atom. The molecule has 0 saturated carbocycles. The Bertz CT molecular complexity index is 374. The van der Waals surface area contributed by atoms with Gasteiger partial charge in [-0.15, -0.1) is 0 Å². The Labute approximate surface area is 108 Å². The fourth-order valence-electron chi connectivity index (χ4n) is 1.59. The van der Waals surface area contributed by atoms with Crippen molar-refractivity contribution in [1.82, 2.24) is 5.32 Å². The highest BCUT2D eigenvalue weighted by Crippen LogP contribution is 2.26. The van der Waals surface area contributed by atoms with Crippen LogP contribution < -0.4 is 5.32 Å². The lowest BCUT2D eigenvalue weighted by atomic mass is 10.1. The van der Waals surface area contributed by atoms with Gasteiger partial charge in [0.05, 0.1) is 17.1 Å². The summed E-state index contributed by atoms with van der Waals surface area (Å²) in [5, 5.41) is 3.07. The third kappa shape index (κ3) is 3.72. The Balaban J connectivity index is 3.03. The molecule has 17 heavy (non-hydrogen) atoms. The molecule has 96 valence electrons. The molecule has 1 aromatic carbocycles. The minimum Gasteiger partial charge on any atom is -0.383 e. The Morgan fingerprint density at radius 2 is 2.12 bits per heavy atom. The topological polar surface area (TPSA) is 21.3 Å². The maximum Gasteiger partial charge on any atom is 0.145 e. The van der Waals surface area contributed by atoms with Crippen molar-refractivity contribution >= 4 is 15.9 Å². The summed E-state index contributed by atoms with van der Waals surface area (Å²) in [6.45, 7) is 2.90. The van der Waals surface area contributed by atoms with E-state index in [4.69, 9.17) is 4.74 Å². The standard InChI is InChI=1S/C12H16BrF2NO/c1-3-6-16-10(7-17-2)11-9(14)5-4-8(13)12(11)15/h4-5,10,16H,3,6-7H2,1-2H3. The number of halogens is 3. The van der Waals surface area contributed by atoms with E-state index in [2.05, 4.69) is 21.2 Å². The highest BCUT2D eigenvalue weighted by atomic mass is 79.9. The lowest BCUT2D eigenvalue weighted by molar-refractivity contribution is 0.163. The highest BCUT2D eigenvalue weighted by molar-refractivity contribution is 9.10. The molecule has 0 aromatic heterocycles. The van der Waals surface area contributed by atoms with E-state index in [1.807, 2.05) is 6.92 Å². The van der Waals surface area contributed by atoms with Gasteiger partial charge in [0.1, 0.15) is 11.6 Å². The molecular formula is C12H16BrF2NO. The molecule has 0 bridgehead atoms. The van der Waals surface area contributed by atoms with Gasteiger partial charge in [-0.2, -0.15) is 0 Å². The zero-order valence-electron chi connectivity index (χ0n) is 9.90. The van der Waals surface area contributed by atoms with Crippen LogP contribution in [0.5, 0.6) is 0 Å². The largest absolute Gasteiger partial charge is 0.383 e. The summed E-state index contributed by atoms with van der Waals surface area (Å²) in [7, 11) is 1.51. The second-order valence-corrected chi connectivity index (χ2v) is 4.57. The normalized spacial score (nSPS) is 12.8. The first-order valence-electron chi connectivity index (χ1n) is 5.47. The third-order valence-corrected chi connectivity index (χ3v) is 3.01. The van der Waals surface area contributed by atoms with Crippen LogP contribution >= 0.6 is 15.9 Å². The van der Waals surface area contributed by atoms with Crippen molar-refractivity contribution in [3.63, 3.8) is 0 Å². The summed E-state index contributed by atoms with van der Waals surface area (Å²) in [4.78, 5) is 0. The molecule has 0 aliphatic heterocycles. The molecule has 0 saturated heterocycles. The van der Waals surface area contributed by atoms with E-state index < -0.39 is 17.7 Å². The van der Waals surface area contributed by atoms with Gasteiger partial charge >= 0.3 is 0 Å². The molecule has 0 heterocycles. The van der Waals surface area contributed by atoms with Crippen LogP contribution in [0.15, 0.2) is 16.6 Å². The van der Waals surface area contributed by atoms with Crippen LogP contribution in [0.3, 0.4) is 0 Å². The molecular weight excluding hydrogens is 292 g/mol. The van der Waals surface area contributed by atoms with Gasteiger partial charge in [0.25, 0.3) is 0 Å². The molecule has 1 atom stereocenters. The van der Waals surface area contributed by atoms with Crippen molar-refractivity contribution in [2.24, 2.45) is 0 Å². The van der Waals surface area contributed by atoms with Crippen molar-refractivity contribution in [1.29, 1.82) is 0 Å². The maximum atomic E-state index is 13.9. The number of benzene rings is 1. The van der Waals surface area contributed by atoms with Crippen LogP contribution in [-0.2, 0) is 4.74 Å². The van der Waals surface area contributed by atoms with E-state index in [9.17, 15) is 8.78 Å². The van der Waals surface area contributed by atoms with Gasteiger partial charge in [-0.05, 0) is 41.0 Å². The Kier molecular flexibility index (Phi) is 6.02. The number of hydrogen-bond donors (Lipinski definition) is 1. The number of hydrogen-bond acceptors (Lipinski definition) is 2. The predicted octanol–water partition coefficient (Wildman–Crippen LogP) is 3.41. The summed E-state index contributed by atoms with van der Waals surface area (Å²) in [5.41, 5.74) is 0.0228. The van der Waals surface area contributed by atoms with Crippen molar-refractivity contribution in [3.8, 4) is 0 Å². The molecule has 1 aromatic rings. The van der Waals surface area contributed by atoms with Crippen molar-refractivity contribution in [2.45, 2.75) is 19.4 Å². The Morgan fingerprint density at radius 3 is 2.71 bits per heavy atom. The molecule has 0 amide bonds. The molecule has 0 fully saturated rings. The van der Waals surface area contributed by atoms with Crippen LogP contribution in [0.25, 0.3) is 0 Å². The summed E-state index contributed by atoms with van der Waals surface area (Å²) < 4.78 is 32.8. The molecule has 1 unspecified atom stereocenters. The second-order valence-electron chi connectivity index (χ2n) is 3.72. The van der Waals surface area contributed by atoms with Gasteiger partial charge in [0, 0.05) is 12.7 Å². The van der Waals surface area contributed by atoms with Gasteiger partial charge in [-0.1, -0.05) is 6.92 Å². The smallest absolute Gasteiger partial charge is 0.145 e. The van der Waals surface area contributed by atoms with Crippen LogP contribution in [0, 0.1) is 11.6 Å². The molecule has 0 radical (unpaired) electrons. The number of rotatable bonds is 6. The summed E-state index contributed by atoms with van der Waals surface area (Å²) in [5.74, 6) is -1.13. The average Bonchev–Trinajstić information content (AvgIpc) is 2.31. The van der Waals surface area contributed by atoms with Gasteiger partial charge in [0.2, 0.25) is 0 Å². The molecule has 0 spiro atoms. The maximum absolute atomic E-state index is 13.9. The van der Waals surface area contributed by atoms with Crippen LogP contribution in [-0.4, -0.2) is 20.3 Å². The fraction of sp³-hybridized carbons (Fsp3) is 0.500. The highest BCUT2D eigenvalue weighted by Gasteiger charge is 2.21. The molecule has 0 aliphatic rings. The Hall–Kier alpha value is -0.520. The lowest BCUT2D eigenvalue weighted by Gasteiger charge is -2.19. The first-order chi connectivity index (χ1) is 8.11. The van der Waals surface area contributed by atoms with Gasteiger partial charge in [-0.25, -0.2) is 8.78 Å². The van der Waals surface area contributed by atoms with E-state index in [1.165, 1.54) is 19.2 Å². The number of ether oxygens (including phenoxy) is 1. The van der Waals surface area contributed by atoms with E-state index in [0.717, 1.165) is 6.42 Å². The lowest BCUT2D eigenvalue weighted by Crippen LogP contribution is -2.27. The van der Waals surface area contributed by atoms with Gasteiger partial charge in [0.15, 0.2) is 0 Å². The number of methoxy groups -OCH3 is 1. The van der Waals surface area contributed by atoms with E-state index in [1.54, 1.807) is 0 Å². The monoisotopic (exact) mass is 307 g/mol.